The average Bonchev–Trinajstić information content (AvgIpc) is 3.29. The summed E-state index contributed by atoms with van der Waals surface area (Å²) in [5, 5.41) is 1.55. The highest BCUT2D eigenvalue weighted by Crippen LogP contribution is 2.33. The number of aryl methyl sites for hydroxylation is 2. The van der Waals surface area contributed by atoms with Crippen molar-refractivity contribution >= 4 is 33.7 Å². The lowest BCUT2D eigenvalue weighted by molar-refractivity contribution is 0.705. The molecule has 156 valence electrons. The van der Waals surface area contributed by atoms with Gasteiger partial charge in [-0.25, -0.2) is 9.78 Å². The van der Waals surface area contributed by atoms with Crippen molar-refractivity contribution in [1.29, 1.82) is 0 Å². The molecular formula is C23H20ClN5O2. The molecule has 0 aliphatic rings. The van der Waals surface area contributed by atoms with Gasteiger partial charge in [-0.2, -0.15) is 0 Å². The lowest BCUT2D eigenvalue weighted by Gasteiger charge is -2.05. The first kappa shape index (κ1) is 19.4. The van der Waals surface area contributed by atoms with E-state index in [2.05, 4.69) is 16.7 Å². The Hall–Kier alpha value is -3.58. The molecule has 0 radical (unpaired) electrons. The van der Waals surface area contributed by atoms with Gasteiger partial charge in [0.15, 0.2) is 11.2 Å². The van der Waals surface area contributed by atoms with Crippen LogP contribution >= 0.6 is 11.6 Å². The Bertz CT molecular complexity index is 1590. The van der Waals surface area contributed by atoms with Gasteiger partial charge in [-0.05, 0) is 23.8 Å². The van der Waals surface area contributed by atoms with Gasteiger partial charge in [0.05, 0.1) is 0 Å². The van der Waals surface area contributed by atoms with Crippen molar-refractivity contribution in [2.45, 2.75) is 6.54 Å². The van der Waals surface area contributed by atoms with Crippen LogP contribution in [0.2, 0.25) is 5.02 Å². The number of rotatable bonds is 3. The van der Waals surface area contributed by atoms with E-state index in [0.717, 1.165) is 21.0 Å². The molecular weight excluding hydrogens is 414 g/mol. The molecule has 0 spiro atoms. The van der Waals surface area contributed by atoms with Gasteiger partial charge >= 0.3 is 5.69 Å². The standard InChI is InChI=1S/C23H20ClN5O2/c1-26-19-21(27(2)23(31)28(3)22(19)30)25-20(26)17-13-29(12-14-7-5-4-6-8-14)18-10-9-15(24)11-16(17)18/h4-11,13H,12H2,1-3H3. The number of nitrogens with zero attached hydrogens (tertiary/aromatic N) is 5. The van der Waals surface area contributed by atoms with E-state index < -0.39 is 5.69 Å². The average molecular weight is 434 g/mol. The van der Waals surface area contributed by atoms with Crippen LogP contribution in [0.3, 0.4) is 0 Å². The van der Waals surface area contributed by atoms with Crippen LogP contribution in [0.4, 0.5) is 0 Å². The first-order chi connectivity index (χ1) is 14.9. The van der Waals surface area contributed by atoms with E-state index in [0.29, 0.717) is 28.6 Å². The molecule has 2 aromatic carbocycles. The number of benzene rings is 2. The van der Waals surface area contributed by atoms with Gasteiger partial charge in [-0.1, -0.05) is 41.9 Å². The summed E-state index contributed by atoms with van der Waals surface area (Å²) in [7, 11) is 4.89. The fourth-order valence-electron chi connectivity index (χ4n) is 4.12. The second kappa shape index (κ2) is 6.99. The van der Waals surface area contributed by atoms with Gasteiger partial charge in [-0.15, -0.1) is 0 Å². The zero-order valence-electron chi connectivity index (χ0n) is 17.3. The van der Waals surface area contributed by atoms with Gasteiger partial charge < -0.3 is 9.13 Å². The normalized spacial score (nSPS) is 11.6. The first-order valence-electron chi connectivity index (χ1n) is 9.82. The van der Waals surface area contributed by atoms with Gasteiger partial charge in [0.2, 0.25) is 0 Å². The van der Waals surface area contributed by atoms with Crippen LogP contribution in [-0.4, -0.2) is 23.3 Å². The van der Waals surface area contributed by atoms with Gasteiger partial charge in [-0.3, -0.25) is 13.9 Å². The van der Waals surface area contributed by atoms with Crippen molar-refractivity contribution in [2.75, 3.05) is 0 Å². The maximum absolute atomic E-state index is 12.8. The predicted octanol–water partition coefficient (Wildman–Crippen LogP) is 3.29. The lowest BCUT2D eigenvalue weighted by Crippen LogP contribution is -2.37. The van der Waals surface area contributed by atoms with Crippen molar-refractivity contribution in [3.63, 3.8) is 0 Å². The van der Waals surface area contributed by atoms with E-state index in [1.54, 1.807) is 18.7 Å². The van der Waals surface area contributed by atoms with E-state index >= 15 is 0 Å². The highest BCUT2D eigenvalue weighted by atomic mass is 35.5. The Morgan fingerprint density at radius 2 is 1.68 bits per heavy atom. The molecule has 31 heavy (non-hydrogen) atoms. The van der Waals surface area contributed by atoms with Crippen molar-refractivity contribution in [1.82, 2.24) is 23.3 Å². The fourth-order valence-corrected chi connectivity index (χ4v) is 4.29. The molecule has 0 bridgehead atoms. The Morgan fingerprint density at radius 3 is 2.42 bits per heavy atom. The number of hydrogen-bond acceptors (Lipinski definition) is 3. The molecule has 3 heterocycles. The summed E-state index contributed by atoms with van der Waals surface area (Å²) in [6.45, 7) is 0.684. The minimum Gasteiger partial charge on any atom is -0.342 e. The second-order valence-corrected chi connectivity index (χ2v) is 8.13. The molecule has 0 aliphatic carbocycles. The Kier molecular flexibility index (Phi) is 4.37. The summed E-state index contributed by atoms with van der Waals surface area (Å²) < 4.78 is 6.40. The molecule has 0 amide bonds. The zero-order chi connectivity index (χ0) is 21.9. The van der Waals surface area contributed by atoms with Crippen LogP contribution in [0.5, 0.6) is 0 Å². The molecule has 8 heteroatoms. The summed E-state index contributed by atoms with van der Waals surface area (Å²) in [6.07, 6.45) is 2.03. The minimum absolute atomic E-state index is 0.358. The highest BCUT2D eigenvalue weighted by molar-refractivity contribution is 6.31. The van der Waals surface area contributed by atoms with E-state index in [1.807, 2.05) is 42.6 Å². The van der Waals surface area contributed by atoms with Crippen LogP contribution in [-0.2, 0) is 27.7 Å². The van der Waals surface area contributed by atoms with Gasteiger partial charge in [0.1, 0.15) is 5.82 Å². The minimum atomic E-state index is -0.406. The summed E-state index contributed by atoms with van der Waals surface area (Å²) >= 11 is 6.32. The highest BCUT2D eigenvalue weighted by Gasteiger charge is 2.21. The summed E-state index contributed by atoms with van der Waals surface area (Å²) in [4.78, 5) is 29.9. The molecule has 3 aromatic heterocycles. The largest absolute Gasteiger partial charge is 0.342 e. The number of halogens is 1. The second-order valence-electron chi connectivity index (χ2n) is 7.69. The summed E-state index contributed by atoms with van der Waals surface area (Å²) in [5.74, 6) is 0.604. The third-order valence-electron chi connectivity index (χ3n) is 5.76. The number of imidazole rings is 1. The number of aromatic nitrogens is 5. The molecule has 7 nitrogen and oxygen atoms in total. The van der Waals surface area contributed by atoms with Crippen LogP contribution < -0.4 is 11.2 Å². The molecule has 5 aromatic rings. The maximum atomic E-state index is 12.8. The van der Waals surface area contributed by atoms with Crippen molar-refractivity contribution in [3.8, 4) is 11.4 Å². The van der Waals surface area contributed by atoms with Gasteiger partial charge in [0.25, 0.3) is 5.56 Å². The molecule has 0 atom stereocenters. The van der Waals surface area contributed by atoms with E-state index in [1.165, 1.54) is 17.2 Å². The third-order valence-corrected chi connectivity index (χ3v) is 5.99. The third kappa shape index (κ3) is 2.92. The Morgan fingerprint density at radius 1 is 0.935 bits per heavy atom. The molecule has 0 unspecified atom stereocenters. The maximum Gasteiger partial charge on any atom is 0.332 e. The van der Waals surface area contributed by atoms with E-state index in [-0.39, 0.29) is 5.56 Å². The first-order valence-corrected chi connectivity index (χ1v) is 10.2. The molecule has 0 N–H and O–H groups in total. The summed E-state index contributed by atoms with van der Waals surface area (Å²) in [5.41, 5.74) is 2.99. The fraction of sp³-hybridized carbons (Fsp3) is 0.174. The topological polar surface area (TPSA) is 66.8 Å². The number of fused-ring (bicyclic) bond motifs is 2. The molecule has 0 aliphatic heterocycles. The smallest absolute Gasteiger partial charge is 0.332 e. The van der Waals surface area contributed by atoms with E-state index in [9.17, 15) is 9.59 Å². The Balaban J connectivity index is 1.81. The van der Waals surface area contributed by atoms with Crippen molar-refractivity contribution < 1.29 is 0 Å². The van der Waals surface area contributed by atoms with E-state index in [4.69, 9.17) is 16.6 Å². The Labute approximate surface area is 182 Å². The van der Waals surface area contributed by atoms with Crippen LogP contribution in [0, 0.1) is 0 Å². The SMILES string of the molecule is Cn1c(=O)c2c(nc(-c3cn(Cc4ccccc4)c4ccc(Cl)cc34)n2C)n(C)c1=O. The van der Waals surface area contributed by atoms with Crippen molar-refractivity contribution in [2.24, 2.45) is 21.1 Å². The molecule has 0 saturated carbocycles. The molecule has 0 fully saturated rings. The molecule has 0 saturated heterocycles. The van der Waals surface area contributed by atoms with Crippen LogP contribution in [0.1, 0.15) is 5.56 Å². The van der Waals surface area contributed by atoms with Crippen LogP contribution in [0.15, 0.2) is 64.3 Å². The summed E-state index contributed by atoms with van der Waals surface area (Å²) in [6, 6.07) is 15.9. The zero-order valence-corrected chi connectivity index (χ0v) is 18.1. The van der Waals surface area contributed by atoms with Crippen molar-refractivity contribution in [3.05, 3.63) is 86.2 Å². The monoisotopic (exact) mass is 433 g/mol. The predicted molar refractivity (Wildman–Crippen MR) is 123 cm³/mol. The quantitative estimate of drug-likeness (QED) is 0.438. The lowest BCUT2D eigenvalue weighted by atomic mass is 10.1. The van der Waals surface area contributed by atoms with Gasteiger partial charge in [0, 0.05) is 55.4 Å². The molecule has 5 rings (SSSR count). The van der Waals surface area contributed by atoms with Crippen LogP contribution in [0.25, 0.3) is 33.5 Å². The number of hydrogen-bond donors (Lipinski definition) is 0.